The lowest BCUT2D eigenvalue weighted by Crippen LogP contribution is -2.32. The molecule has 0 aliphatic carbocycles. The molecule has 2 aromatic rings. The van der Waals surface area contributed by atoms with E-state index in [0.29, 0.717) is 24.2 Å². The molecule has 2 heterocycles. The van der Waals surface area contributed by atoms with Crippen LogP contribution in [0.2, 0.25) is 0 Å². The van der Waals surface area contributed by atoms with Crippen molar-refractivity contribution in [3.63, 3.8) is 0 Å². The number of aliphatic hydroxyl groups is 1. The van der Waals surface area contributed by atoms with E-state index in [1.807, 2.05) is 19.0 Å². The van der Waals surface area contributed by atoms with Gasteiger partial charge in [-0.25, -0.2) is 9.18 Å². The minimum Gasteiger partial charge on any atom is -0.507 e. The molecule has 34 heavy (non-hydrogen) atoms. The molecule has 1 amide bonds. The number of amides is 1. The maximum Gasteiger partial charge on any atom is 0.355 e. The van der Waals surface area contributed by atoms with Crippen LogP contribution < -0.4 is 0 Å². The molecule has 0 saturated carbocycles. The highest BCUT2D eigenvalue weighted by molar-refractivity contribution is 6.46. The van der Waals surface area contributed by atoms with Crippen LogP contribution in [0.4, 0.5) is 4.39 Å². The van der Waals surface area contributed by atoms with E-state index in [-0.39, 0.29) is 35.5 Å². The Morgan fingerprint density at radius 2 is 1.91 bits per heavy atom. The van der Waals surface area contributed by atoms with Crippen LogP contribution >= 0.6 is 0 Å². The van der Waals surface area contributed by atoms with Crippen LogP contribution in [0.1, 0.15) is 52.3 Å². The minimum absolute atomic E-state index is 0.115. The molecule has 9 heteroatoms. The molecule has 0 spiro atoms. The maximum atomic E-state index is 14.9. The summed E-state index contributed by atoms with van der Waals surface area (Å²) in [5.74, 6) is -3.34. The van der Waals surface area contributed by atoms with Gasteiger partial charge in [0.2, 0.25) is 0 Å². The van der Waals surface area contributed by atoms with Gasteiger partial charge in [-0.05, 0) is 59.5 Å². The number of halogens is 1. The zero-order valence-electron chi connectivity index (χ0n) is 20.1. The number of aromatic nitrogens is 1. The van der Waals surface area contributed by atoms with Gasteiger partial charge in [-0.1, -0.05) is 18.2 Å². The lowest BCUT2D eigenvalue weighted by atomic mass is 9.93. The predicted molar refractivity (Wildman–Crippen MR) is 125 cm³/mol. The molecular formula is C25H30FN3O5. The predicted octanol–water partition coefficient (Wildman–Crippen LogP) is 3.32. The number of H-pyrrole nitrogens is 1. The summed E-state index contributed by atoms with van der Waals surface area (Å²) >= 11 is 0. The number of nitrogens with one attached hydrogen (secondary N) is 1. The second-order valence-corrected chi connectivity index (χ2v) is 8.52. The molecule has 8 nitrogen and oxygen atoms in total. The van der Waals surface area contributed by atoms with Crippen molar-refractivity contribution in [2.45, 2.75) is 33.2 Å². The first-order valence-corrected chi connectivity index (χ1v) is 11.1. The summed E-state index contributed by atoms with van der Waals surface area (Å²) in [7, 11) is 3.78. The Morgan fingerprint density at radius 3 is 2.53 bits per heavy atom. The Hall–Kier alpha value is -3.46. The lowest BCUT2D eigenvalue weighted by Gasteiger charge is -2.26. The summed E-state index contributed by atoms with van der Waals surface area (Å²) in [5, 5.41) is 11.3. The van der Waals surface area contributed by atoms with E-state index in [0.717, 1.165) is 0 Å². The molecule has 182 valence electrons. The Labute approximate surface area is 198 Å². The number of aryl methyl sites for hydroxylation is 1. The Kier molecular flexibility index (Phi) is 7.56. The van der Waals surface area contributed by atoms with Crippen molar-refractivity contribution in [3.8, 4) is 0 Å². The van der Waals surface area contributed by atoms with Crippen LogP contribution in [0.25, 0.3) is 5.76 Å². The average Bonchev–Trinajstić information content (AvgIpc) is 3.21. The van der Waals surface area contributed by atoms with Gasteiger partial charge in [-0.15, -0.1) is 0 Å². The molecule has 1 fully saturated rings. The molecule has 2 N–H and O–H groups in total. The first kappa shape index (κ1) is 25.2. The number of ether oxygens (including phenoxy) is 1. The molecule has 1 aliphatic rings. The third-order valence-electron chi connectivity index (χ3n) is 5.90. The van der Waals surface area contributed by atoms with Crippen LogP contribution in [0.5, 0.6) is 0 Å². The largest absolute Gasteiger partial charge is 0.507 e. The van der Waals surface area contributed by atoms with E-state index >= 15 is 0 Å². The molecule has 1 aliphatic heterocycles. The monoisotopic (exact) mass is 471 g/mol. The van der Waals surface area contributed by atoms with Crippen LogP contribution in [0.15, 0.2) is 29.8 Å². The molecule has 0 bridgehead atoms. The normalized spacial score (nSPS) is 17.6. The van der Waals surface area contributed by atoms with E-state index in [1.54, 1.807) is 26.8 Å². The Bertz CT molecular complexity index is 1150. The van der Waals surface area contributed by atoms with Gasteiger partial charge in [-0.2, -0.15) is 0 Å². The highest BCUT2D eigenvalue weighted by Gasteiger charge is 2.47. The van der Waals surface area contributed by atoms with Gasteiger partial charge >= 0.3 is 5.97 Å². The number of nitrogens with zero attached hydrogens (tertiary/aromatic N) is 2. The molecule has 1 saturated heterocycles. The van der Waals surface area contributed by atoms with E-state index in [4.69, 9.17) is 4.74 Å². The van der Waals surface area contributed by atoms with Crippen molar-refractivity contribution in [2.75, 3.05) is 33.8 Å². The second kappa shape index (κ2) is 10.2. The molecular weight excluding hydrogens is 441 g/mol. The van der Waals surface area contributed by atoms with Crippen molar-refractivity contribution in [3.05, 3.63) is 63.7 Å². The highest BCUT2D eigenvalue weighted by atomic mass is 19.1. The fraction of sp³-hybridized carbons (Fsp3) is 0.400. The van der Waals surface area contributed by atoms with Gasteiger partial charge in [0.05, 0.1) is 18.2 Å². The second-order valence-electron chi connectivity index (χ2n) is 8.52. The number of carbonyl (C=O) groups excluding carboxylic acids is 3. The van der Waals surface area contributed by atoms with Crippen molar-refractivity contribution in [1.29, 1.82) is 0 Å². The number of aliphatic hydroxyl groups excluding tert-OH is 1. The smallest absolute Gasteiger partial charge is 0.355 e. The zero-order chi connectivity index (χ0) is 25.2. The number of carbonyl (C=O) groups is 3. The highest BCUT2D eigenvalue weighted by Crippen LogP contribution is 2.41. The number of esters is 1. The number of rotatable bonds is 8. The van der Waals surface area contributed by atoms with Gasteiger partial charge in [0.1, 0.15) is 17.3 Å². The first-order valence-electron chi connectivity index (χ1n) is 11.1. The summed E-state index contributed by atoms with van der Waals surface area (Å²) in [4.78, 5) is 44.6. The summed E-state index contributed by atoms with van der Waals surface area (Å²) in [5.41, 5.74) is 1.06. The number of benzene rings is 1. The molecule has 0 radical (unpaired) electrons. The van der Waals surface area contributed by atoms with Crippen LogP contribution in [0.3, 0.4) is 0 Å². The van der Waals surface area contributed by atoms with Gasteiger partial charge in [0.15, 0.2) is 0 Å². The first-order chi connectivity index (χ1) is 16.1. The van der Waals surface area contributed by atoms with Crippen LogP contribution in [0, 0.1) is 19.7 Å². The molecule has 1 aromatic heterocycles. The molecule has 1 aromatic carbocycles. The summed E-state index contributed by atoms with van der Waals surface area (Å²) in [6.07, 6.45) is 0.556. The summed E-state index contributed by atoms with van der Waals surface area (Å²) in [6, 6.07) is 4.79. The molecule has 0 unspecified atom stereocenters. The quantitative estimate of drug-likeness (QED) is 0.265. The van der Waals surface area contributed by atoms with Crippen LogP contribution in [-0.4, -0.2) is 71.3 Å². The van der Waals surface area contributed by atoms with E-state index in [2.05, 4.69) is 4.98 Å². The standard InChI is InChI=1S/C25H30FN3O5/c1-6-34-25(33)20-14(2)18(15(3)27-20)22(30)19-21(16-10-7-8-11-17(16)26)29(24(32)23(19)31)13-9-12-28(4)5/h7-8,10-11,21,27,30H,6,9,12-13H2,1-5H3/t21-/m1/s1. The van der Waals surface area contributed by atoms with Crippen molar-refractivity contribution in [1.82, 2.24) is 14.8 Å². The number of aromatic amines is 1. The van der Waals surface area contributed by atoms with Crippen LogP contribution in [-0.2, 0) is 14.3 Å². The number of likely N-dealkylation sites (tertiary alicyclic amines) is 1. The summed E-state index contributed by atoms with van der Waals surface area (Å²) in [6.45, 7) is 5.95. The zero-order valence-corrected chi connectivity index (χ0v) is 20.1. The summed E-state index contributed by atoms with van der Waals surface area (Å²) < 4.78 is 19.9. The van der Waals surface area contributed by atoms with E-state index < -0.39 is 35.3 Å². The van der Waals surface area contributed by atoms with Gasteiger partial charge < -0.3 is 24.6 Å². The topological polar surface area (TPSA) is 103 Å². The fourth-order valence-corrected chi connectivity index (χ4v) is 4.34. The average molecular weight is 472 g/mol. The van der Waals surface area contributed by atoms with E-state index in [9.17, 15) is 23.9 Å². The number of hydrogen-bond donors (Lipinski definition) is 2. The van der Waals surface area contributed by atoms with Crippen molar-refractivity contribution >= 4 is 23.4 Å². The van der Waals surface area contributed by atoms with E-state index in [1.165, 1.54) is 23.1 Å². The Balaban J connectivity index is 2.18. The Morgan fingerprint density at radius 1 is 1.24 bits per heavy atom. The van der Waals surface area contributed by atoms with Crippen molar-refractivity contribution < 1.29 is 28.6 Å². The molecule has 3 rings (SSSR count). The minimum atomic E-state index is -1.09. The maximum absolute atomic E-state index is 14.9. The van der Waals surface area contributed by atoms with Gasteiger partial charge in [0, 0.05) is 23.4 Å². The third kappa shape index (κ3) is 4.61. The number of ketones is 1. The third-order valence-corrected chi connectivity index (χ3v) is 5.90. The lowest BCUT2D eigenvalue weighted by molar-refractivity contribution is -0.140. The number of Topliss-reactive ketones (excluding diaryl/α,β-unsaturated/α-hetero) is 1. The van der Waals surface area contributed by atoms with Gasteiger partial charge in [-0.3, -0.25) is 9.59 Å². The SMILES string of the molecule is CCOC(=O)c1[nH]c(C)c(C(O)=C2C(=O)C(=O)N(CCCN(C)C)[C@@H]2c2ccccc2F)c1C. The fourth-order valence-electron chi connectivity index (χ4n) is 4.34. The number of hydrogen-bond acceptors (Lipinski definition) is 6. The van der Waals surface area contributed by atoms with Crippen molar-refractivity contribution in [2.24, 2.45) is 0 Å². The van der Waals surface area contributed by atoms with Gasteiger partial charge in [0.25, 0.3) is 11.7 Å². The molecule has 1 atom stereocenters.